The molecule has 0 aliphatic carbocycles. The molecule has 0 spiro atoms. The lowest BCUT2D eigenvalue weighted by molar-refractivity contribution is -0.122. The fourth-order valence-corrected chi connectivity index (χ4v) is 2.98. The lowest BCUT2D eigenvalue weighted by Gasteiger charge is -2.19. The Balaban J connectivity index is 1.52. The van der Waals surface area contributed by atoms with E-state index in [1.165, 1.54) is 0 Å². The van der Waals surface area contributed by atoms with Crippen LogP contribution in [0, 0.1) is 0 Å². The number of carbonyl (C=O) groups excluding carboxylic acids is 1. The Morgan fingerprint density at radius 1 is 1.35 bits per heavy atom. The van der Waals surface area contributed by atoms with Crippen molar-refractivity contribution in [3.63, 3.8) is 0 Å². The van der Waals surface area contributed by atoms with E-state index in [4.69, 9.17) is 19.7 Å². The van der Waals surface area contributed by atoms with E-state index in [9.17, 15) is 4.79 Å². The van der Waals surface area contributed by atoms with Crippen LogP contribution in [0.3, 0.4) is 0 Å². The van der Waals surface area contributed by atoms with Crippen molar-refractivity contribution < 1.29 is 18.8 Å². The summed E-state index contributed by atoms with van der Waals surface area (Å²) in [6.45, 7) is 1.44. The molecular weight excluding hydrogens is 300 g/mol. The number of aromatic nitrogens is 2. The summed E-state index contributed by atoms with van der Waals surface area (Å²) in [5.41, 5.74) is 6.21. The number of carbonyl (C=O) groups is 1. The van der Waals surface area contributed by atoms with Crippen LogP contribution in [0.4, 0.5) is 0 Å². The molecular formula is C15H16N4O4. The summed E-state index contributed by atoms with van der Waals surface area (Å²) in [5, 5.41) is 4.00. The topological polar surface area (TPSA) is 104 Å². The molecule has 0 radical (unpaired) electrons. The molecule has 0 bridgehead atoms. The van der Waals surface area contributed by atoms with Gasteiger partial charge in [0, 0.05) is 5.56 Å². The fraction of sp³-hybridized carbons (Fsp3) is 0.400. The summed E-state index contributed by atoms with van der Waals surface area (Å²) in [5.74, 6) is 2.01. The Hall–Kier alpha value is -2.61. The summed E-state index contributed by atoms with van der Waals surface area (Å²) in [7, 11) is 0. The molecule has 4 rings (SSSR count). The van der Waals surface area contributed by atoms with Gasteiger partial charge in [-0.3, -0.25) is 9.69 Å². The Kier molecular flexibility index (Phi) is 3.38. The molecule has 1 saturated heterocycles. The molecule has 2 aromatic rings. The molecule has 0 unspecified atom stereocenters. The van der Waals surface area contributed by atoms with E-state index in [2.05, 4.69) is 10.1 Å². The van der Waals surface area contributed by atoms with Crippen LogP contribution in [0.15, 0.2) is 22.7 Å². The SMILES string of the molecule is NC(=O)[C@@H]1CCCN1Cc1nc(-c2ccc3c(c2)OCO3)no1. The zero-order valence-electron chi connectivity index (χ0n) is 12.4. The molecule has 120 valence electrons. The van der Waals surface area contributed by atoms with Crippen molar-refractivity contribution in [2.24, 2.45) is 5.73 Å². The van der Waals surface area contributed by atoms with Crippen LogP contribution < -0.4 is 15.2 Å². The molecule has 8 nitrogen and oxygen atoms in total. The van der Waals surface area contributed by atoms with Crippen molar-refractivity contribution in [2.75, 3.05) is 13.3 Å². The molecule has 8 heteroatoms. The van der Waals surface area contributed by atoms with E-state index in [0.29, 0.717) is 29.8 Å². The highest BCUT2D eigenvalue weighted by atomic mass is 16.7. The van der Waals surface area contributed by atoms with Gasteiger partial charge in [0.1, 0.15) is 0 Å². The quantitative estimate of drug-likeness (QED) is 0.894. The summed E-state index contributed by atoms with van der Waals surface area (Å²) >= 11 is 0. The lowest BCUT2D eigenvalue weighted by atomic mass is 10.2. The minimum Gasteiger partial charge on any atom is -0.454 e. The number of primary amides is 1. The standard InChI is InChI=1S/C15H16N4O4/c16-14(20)10-2-1-5-19(10)7-13-17-15(18-23-13)9-3-4-11-12(6-9)22-8-21-11/h3-4,6,10H,1-2,5,7-8H2,(H2,16,20)/t10-/m0/s1. The molecule has 2 aliphatic rings. The van der Waals surface area contributed by atoms with Gasteiger partial charge < -0.3 is 19.7 Å². The lowest BCUT2D eigenvalue weighted by Crippen LogP contribution is -2.39. The highest BCUT2D eigenvalue weighted by Crippen LogP contribution is 2.35. The molecule has 2 aliphatic heterocycles. The van der Waals surface area contributed by atoms with Gasteiger partial charge in [-0.1, -0.05) is 5.16 Å². The van der Waals surface area contributed by atoms with Crippen LogP contribution in [0.5, 0.6) is 11.5 Å². The first-order valence-electron chi connectivity index (χ1n) is 7.47. The normalized spacial score (nSPS) is 20.1. The third-order valence-electron chi connectivity index (χ3n) is 4.13. The highest BCUT2D eigenvalue weighted by Gasteiger charge is 2.30. The average molecular weight is 316 g/mol. The highest BCUT2D eigenvalue weighted by molar-refractivity contribution is 5.80. The van der Waals surface area contributed by atoms with Crippen molar-refractivity contribution in [3.8, 4) is 22.9 Å². The molecule has 1 amide bonds. The fourth-order valence-electron chi connectivity index (χ4n) is 2.98. The van der Waals surface area contributed by atoms with Crippen LogP contribution in [0.1, 0.15) is 18.7 Å². The molecule has 1 fully saturated rings. The van der Waals surface area contributed by atoms with Gasteiger partial charge >= 0.3 is 0 Å². The van der Waals surface area contributed by atoms with Gasteiger partial charge in [0.15, 0.2) is 11.5 Å². The summed E-state index contributed by atoms with van der Waals surface area (Å²) in [4.78, 5) is 17.8. The second-order valence-electron chi connectivity index (χ2n) is 5.61. The third kappa shape index (κ3) is 2.61. The molecule has 3 heterocycles. The number of ether oxygens (including phenoxy) is 2. The molecule has 1 aromatic heterocycles. The third-order valence-corrected chi connectivity index (χ3v) is 4.13. The zero-order valence-corrected chi connectivity index (χ0v) is 12.4. The number of nitrogens with zero attached hydrogens (tertiary/aromatic N) is 3. The van der Waals surface area contributed by atoms with Gasteiger partial charge in [0.2, 0.25) is 24.4 Å². The van der Waals surface area contributed by atoms with Crippen molar-refractivity contribution in [1.82, 2.24) is 15.0 Å². The summed E-state index contributed by atoms with van der Waals surface area (Å²) in [6.07, 6.45) is 1.72. The minimum absolute atomic E-state index is 0.222. The van der Waals surface area contributed by atoms with E-state index in [1.807, 2.05) is 23.1 Å². The molecule has 0 saturated carbocycles. The second kappa shape index (κ2) is 5.54. The monoisotopic (exact) mass is 316 g/mol. The van der Waals surface area contributed by atoms with Crippen LogP contribution in [0.25, 0.3) is 11.4 Å². The first kappa shape index (κ1) is 14.0. The van der Waals surface area contributed by atoms with E-state index >= 15 is 0 Å². The minimum atomic E-state index is -0.307. The van der Waals surface area contributed by atoms with E-state index < -0.39 is 0 Å². The number of rotatable bonds is 4. The van der Waals surface area contributed by atoms with Gasteiger partial charge in [0.05, 0.1) is 12.6 Å². The number of fused-ring (bicyclic) bond motifs is 1. The summed E-state index contributed by atoms with van der Waals surface area (Å²) in [6, 6.07) is 5.23. The van der Waals surface area contributed by atoms with Crippen LogP contribution in [0.2, 0.25) is 0 Å². The van der Waals surface area contributed by atoms with Gasteiger partial charge in [-0.25, -0.2) is 0 Å². The van der Waals surface area contributed by atoms with Gasteiger partial charge in [-0.05, 0) is 37.6 Å². The van der Waals surface area contributed by atoms with Gasteiger partial charge in [-0.15, -0.1) is 0 Å². The number of hydrogen-bond acceptors (Lipinski definition) is 7. The van der Waals surface area contributed by atoms with E-state index in [1.54, 1.807) is 0 Å². The average Bonchev–Trinajstić information content (AvgIpc) is 3.26. The molecule has 1 aromatic carbocycles. The maximum Gasteiger partial charge on any atom is 0.241 e. The largest absolute Gasteiger partial charge is 0.454 e. The number of likely N-dealkylation sites (tertiary alicyclic amines) is 1. The first-order chi connectivity index (χ1) is 11.2. The zero-order chi connectivity index (χ0) is 15.8. The van der Waals surface area contributed by atoms with Gasteiger partial charge in [-0.2, -0.15) is 4.98 Å². The molecule has 23 heavy (non-hydrogen) atoms. The van der Waals surface area contributed by atoms with Crippen LogP contribution >= 0.6 is 0 Å². The Labute approximate surface area is 132 Å². The molecule has 1 atom stereocenters. The number of nitrogens with two attached hydrogens (primary N) is 1. The number of benzene rings is 1. The van der Waals surface area contributed by atoms with Crippen LogP contribution in [-0.4, -0.2) is 40.3 Å². The van der Waals surface area contributed by atoms with Crippen molar-refractivity contribution in [3.05, 3.63) is 24.1 Å². The number of amides is 1. The van der Waals surface area contributed by atoms with Crippen molar-refractivity contribution in [1.29, 1.82) is 0 Å². The maximum absolute atomic E-state index is 11.4. The maximum atomic E-state index is 11.4. The predicted octanol–water partition coefficient (Wildman–Crippen LogP) is 0.915. The van der Waals surface area contributed by atoms with Crippen LogP contribution in [-0.2, 0) is 11.3 Å². The summed E-state index contributed by atoms with van der Waals surface area (Å²) < 4.78 is 15.9. The van der Waals surface area contributed by atoms with E-state index in [-0.39, 0.29) is 18.7 Å². The first-order valence-corrected chi connectivity index (χ1v) is 7.47. The smallest absolute Gasteiger partial charge is 0.241 e. The van der Waals surface area contributed by atoms with Gasteiger partial charge in [0.25, 0.3) is 0 Å². The predicted molar refractivity (Wildman–Crippen MR) is 78.5 cm³/mol. The van der Waals surface area contributed by atoms with Crippen molar-refractivity contribution >= 4 is 5.91 Å². The van der Waals surface area contributed by atoms with Crippen molar-refractivity contribution in [2.45, 2.75) is 25.4 Å². The second-order valence-corrected chi connectivity index (χ2v) is 5.61. The van der Waals surface area contributed by atoms with E-state index in [0.717, 1.165) is 24.9 Å². The Morgan fingerprint density at radius 3 is 3.09 bits per heavy atom. The Bertz CT molecular complexity index is 745. The Morgan fingerprint density at radius 2 is 2.22 bits per heavy atom. The molecule has 2 N–H and O–H groups in total. The number of hydrogen-bond donors (Lipinski definition) is 1.